The molecular formula is C10H14BrNO3S. The molecule has 16 heavy (non-hydrogen) atoms. The summed E-state index contributed by atoms with van der Waals surface area (Å²) in [4.78, 5) is 0. The van der Waals surface area contributed by atoms with Gasteiger partial charge in [0.2, 0.25) is 0 Å². The van der Waals surface area contributed by atoms with Crippen LogP contribution >= 0.6 is 15.9 Å². The van der Waals surface area contributed by atoms with E-state index in [4.69, 9.17) is 10.5 Å². The molecule has 1 aromatic rings. The zero-order valence-corrected chi connectivity index (χ0v) is 11.6. The van der Waals surface area contributed by atoms with Gasteiger partial charge in [-0.25, -0.2) is 8.42 Å². The van der Waals surface area contributed by atoms with Crippen molar-refractivity contribution < 1.29 is 13.2 Å². The van der Waals surface area contributed by atoms with Crippen LogP contribution in [-0.4, -0.2) is 27.0 Å². The molecule has 0 aromatic heterocycles. The SMILES string of the molecule is Cc1cc(Br)cc(N)c1OCCS(C)(=O)=O. The van der Waals surface area contributed by atoms with E-state index in [1.54, 1.807) is 6.07 Å². The summed E-state index contributed by atoms with van der Waals surface area (Å²) in [7, 11) is -3.00. The van der Waals surface area contributed by atoms with Crippen LogP contribution in [0.25, 0.3) is 0 Å². The lowest BCUT2D eigenvalue weighted by Crippen LogP contribution is -2.13. The first-order valence-electron chi connectivity index (χ1n) is 4.66. The third-order valence-corrected chi connectivity index (χ3v) is 3.33. The summed E-state index contributed by atoms with van der Waals surface area (Å²) in [6, 6.07) is 3.59. The second-order valence-corrected chi connectivity index (χ2v) is 6.79. The third-order valence-electron chi connectivity index (χ3n) is 1.97. The standard InChI is InChI=1S/C10H14BrNO3S/c1-7-5-8(11)6-9(12)10(7)15-3-4-16(2,13)14/h5-6H,3-4,12H2,1-2H3. The van der Waals surface area contributed by atoms with Crippen molar-refractivity contribution in [2.24, 2.45) is 0 Å². The van der Waals surface area contributed by atoms with Crippen LogP contribution in [0.1, 0.15) is 5.56 Å². The van der Waals surface area contributed by atoms with Crippen molar-refractivity contribution in [2.45, 2.75) is 6.92 Å². The fourth-order valence-electron chi connectivity index (χ4n) is 1.25. The van der Waals surface area contributed by atoms with E-state index < -0.39 is 9.84 Å². The number of ether oxygens (including phenoxy) is 1. The maximum absolute atomic E-state index is 10.9. The Bertz CT molecular complexity index is 462. The Morgan fingerprint density at radius 2 is 2.06 bits per heavy atom. The van der Waals surface area contributed by atoms with Gasteiger partial charge in [-0.05, 0) is 24.6 Å². The van der Waals surface area contributed by atoms with E-state index in [9.17, 15) is 8.42 Å². The van der Waals surface area contributed by atoms with E-state index >= 15 is 0 Å². The first kappa shape index (κ1) is 13.3. The minimum absolute atomic E-state index is 0.0120. The van der Waals surface area contributed by atoms with Gasteiger partial charge >= 0.3 is 0 Å². The van der Waals surface area contributed by atoms with Crippen molar-refractivity contribution in [2.75, 3.05) is 24.3 Å². The average molecular weight is 308 g/mol. The van der Waals surface area contributed by atoms with Gasteiger partial charge in [0.1, 0.15) is 12.4 Å². The number of anilines is 1. The summed E-state index contributed by atoms with van der Waals surface area (Å²) < 4.78 is 28.1. The topological polar surface area (TPSA) is 69.4 Å². The van der Waals surface area contributed by atoms with Crippen molar-refractivity contribution in [1.29, 1.82) is 0 Å². The molecule has 0 heterocycles. The van der Waals surface area contributed by atoms with E-state index in [0.29, 0.717) is 11.4 Å². The Morgan fingerprint density at radius 3 is 2.56 bits per heavy atom. The predicted octanol–water partition coefficient (Wildman–Crippen LogP) is 1.76. The molecule has 2 N–H and O–H groups in total. The molecule has 1 rings (SSSR count). The van der Waals surface area contributed by atoms with Crippen LogP contribution in [0, 0.1) is 6.92 Å². The van der Waals surface area contributed by atoms with Crippen LogP contribution in [0.3, 0.4) is 0 Å². The molecule has 0 amide bonds. The Kier molecular flexibility index (Phi) is 4.21. The quantitative estimate of drug-likeness (QED) is 0.861. The van der Waals surface area contributed by atoms with Crippen LogP contribution in [-0.2, 0) is 9.84 Å². The molecule has 6 heteroatoms. The Morgan fingerprint density at radius 1 is 1.44 bits per heavy atom. The zero-order valence-electron chi connectivity index (χ0n) is 9.16. The molecule has 0 fully saturated rings. The van der Waals surface area contributed by atoms with E-state index in [0.717, 1.165) is 10.0 Å². The van der Waals surface area contributed by atoms with Crippen LogP contribution in [0.5, 0.6) is 5.75 Å². The molecular weight excluding hydrogens is 294 g/mol. The highest BCUT2D eigenvalue weighted by atomic mass is 79.9. The number of halogens is 1. The first-order chi connectivity index (χ1) is 7.29. The number of hydrogen-bond donors (Lipinski definition) is 1. The van der Waals surface area contributed by atoms with Gasteiger partial charge in [0.25, 0.3) is 0 Å². The molecule has 0 saturated heterocycles. The summed E-state index contributed by atoms with van der Waals surface area (Å²) in [6.45, 7) is 1.97. The third kappa shape index (κ3) is 4.02. The van der Waals surface area contributed by atoms with Crippen LogP contribution in [0.2, 0.25) is 0 Å². The number of nitrogens with two attached hydrogens (primary N) is 1. The van der Waals surface area contributed by atoms with Gasteiger partial charge in [-0.15, -0.1) is 0 Å². The largest absolute Gasteiger partial charge is 0.490 e. The van der Waals surface area contributed by atoms with Gasteiger partial charge in [-0.2, -0.15) is 0 Å². The second kappa shape index (κ2) is 5.05. The van der Waals surface area contributed by atoms with Gasteiger partial charge in [-0.1, -0.05) is 15.9 Å². The van der Waals surface area contributed by atoms with Crippen LogP contribution in [0.15, 0.2) is 16.6 Å². The number of benzene rings is 1. The lowest BCUT2D eigenvalue weighted by Gasteiger charge is -2.11. The summed E-state index contributed by atoms with van der Waals surface area (Å²) in [6.07, 6.45) is 1.17. The number of nitrogen functional groups attached to an aromatic ring is 1. The van der Waals surface area contributed by atoms with Gasteiger partial charge in [-0.3, -0.25) is 0 Å². The normalized spacial score (nSPS) is 11.4. The molecule has 0 atom stereocenters. The molecule has 0 unspecified atom stereocenters. The lowest BCUT2D eigenvalue weighted by atomic mass is 10.2. The van der Waals surface area contributed by atoms with Gasteiger partial charge < -0.3 is 10.5 Å². The van der Waals surface area contributed by atoms with E-state index in [1.165, 1.54) is 6.26 Å². The molecule has 0 radical (unpaired) electrons. The number of sulfone groups is 1. The summed E-state index contributed by atoms with van der Waals surface area (Å²) in [5, 5.41) is 0. The lowest BCUT2D eigenvalue weighted by molar-refractivity contribution is 0.340. The highest BCUT2D eigenvalue weighted by Gasteiger charge is 2.08. The number of aryl methyl sites for hydroxylation is 1. The Hall–Kier alpha value is -0.750. The van der Waals surface area contributed by atoms with Gasteiger partial charge in [0.05, 0.1) is 11.4 Å². The Labute approximate surface area is 104 Å². The van der Waals surface area contributed by atoms with E-state index in [1.807, 2.05) is 13.0 Å². The van der Waals surface area contributed by atoms with Crippen LogP contribution in [0.4, 0.5) is 5.69 Å². The fourth-order valence-corrected chi connectivity index (χ4v) is 2.22. The Balaban J connectivity index is 2.75. The molecule has 0 spiro atoms. The van der Waals surface area contributed by atoms with E-state index in [2.05, 4.69) is 15.9 Å². The minimum Gasteiger partial charge on any atom is -0.490 e. The molecule has 0 bridgehead atoms. The minimum atomic E-state index is -3.00. The molecule has 0 saturated carbocycles. The van der Waals surface area contributed by atoms with Crippen LogP contribution < -0.4 is 10.5 Å². The molecule has 0 aliphatic heterocycles. The van der Waals surface area contributed by atoms with Crippen molar-refractivity contribution in [3.05, 3.63) is 22.2 Å². The highest BCUT2D eigenvalue weighted by molar-refractivity contribution is 9.10. The van der Waals surface area contributed by atoms with Crippen molar-refractivity contribution in [3.8, 4) is 5.75 Å². The summed E-state index contributed by atoms with van der Waals surface area (Å²) in [5.74, 6) is 0.536. The molecule has 90 valence electrons. The zero-order chi connectivity index (χ0) is 12.3. The first-order valence-corrected chi connectivity index (χ1v) is 7.51. The number of rotatable bonds is 4. The summed E-state index contributed by atoms with van der Waals surface area (Å²) in [5.41, 5.74) is 7.14. The second-order valence-electron chi connectivity index (χ2n) is 3.62. The average Bonchev–Trinajstić information content (AvgIpc) is 2.07. The van der Waals surface area contributed by atoms with E-state index in [-0.39, 0.29) is 12.4 Å². The maximum atomic E-state index is 10.9. The van der Waals surface area contributed by atoms with Crippen molar-refractivity contribution in [1.82, 2.24) is 0 Å². The number of hydrogen-bond acceptors (Lipinski definition) is 4. The maximum Gasteiger partial charge on any atom is 0.150 e. The molecule has 0 aliphatic rings. The monoisotopic (exact) mass is 307 g/mol. The summed E-state index contributed by atoms with van der Waals surface area (Å²) >= 11 is 3.32. The van der Waals surface area contributed by atoms with Gasteiger partial charge in [0, 0.05) is 10.7 Å². The highest BCUT2D eigenvalue weighted by Crippen LogP contribution is 2.29. The molecule has 1 aromatic carbocycles. The van der Waals surface area contributed by atoms with Gasteiger partial charge in [0.15, 0.2) is 9.84 Å². The fraction of sp³-hybridized carbons (Fsp3) is 0.400. The van der Waals surface area contributed by atoms with Crippen molar-refractivity contribution >= 4 is 31.5 Å². The molecule has 4 nitrogen and oxygen atoms in total. The smallest absolute Gasteiger partial charge is 0.150 e. The molecule has 0 aliphatic carbocycles. The predicted molar refractivity (Wildman–Crippen MR) is 68.5 cm³/mol. The van der Waals surface area contributed by atoms with Crippen molar-refractivity contribution in [3.63, 3.8) is 0 Å².